The number of thiocarbonyl (C=S) groups is 1. The predicted molar refractivity (Wildman–Crippen MR) is 95.0 cm³/mol. The number of carbonyl (C=O) groups excluding carboxylic acids is 1. The monoisotopic (exact) mass is 396 g/mol. The molecule has 1 aliphatic rings. The first-order valence-corrected chi connectivity index (χ1v) is 8.30. The standard InChI is InChI=1S/C18H15F3N2O3S/c19-18(20,21)17(26)13(15(25)10-5-2-1-3-6-10)14(22-16(27)23-17)11-7-4-8-12(24)9-11/h1-9,13-14,24,26H,(H2,22,23,27)/t13-,14+,17+/m1/s1. The van der Waals surface area contributed by atoms with Crippen molar-refractivity contribution >= 4 is 23.1 Å². The number of nitrogens with one attached hydrogen (secondary N) is 2. The Balaban J connectivity index is 2.17. The van der Waals surface area contributed by atoms with Gasteiger partial charge in [-0.15, -0.1) is 0 Å². The van der Waals surface area contributed by atoms with E-state index in [-0.39, 0.29) is 16.9 Å². The first-order valence-electron chi connectivity index (χ1n) is 7.89. The Morgan fingerprint density at radius 3 is 2.37 bits per heavy atom. The molecular weight excluding hydrogens is 381 g/mol. The van der Waals surface area contributed by atoms with E-state index < -0.39 is 34.8 Å². The molecule has 0 spiro atoms. The number of carbonyl (C=O) groups is 1. The van der Waals surface area contributed by atoms with Crippen molar-refractivity contribution in [3.63, 3.8) is 0 Å². The zero-order valence-electron chi connectivity index (χ0n) is 13.7. The van der Waals surface area contributed by atoms with Crippen LogP contribution >= 0.6 is 12.2 Å². The molecule has 0 radical (unpaired) electrons. The molecule has 0 bridgehead atoms. The van der Waals surface area contributed by atoms with Crippen molar-refractivity contribution in [2.24, 2.45) is 5.92 Å². The van der Waals surface area contributed by atoms with Gasteiger partial charge in [0.1, 0.15) is 11.7 Å². The lowest BCUT2D eigenvalue weighted by Gasteiger charge is -2.46. The summed E-state index contributed by atoms with van der Waals surface area (Å²) in [6.45, 7) is 0. The molecule has 1 heterocycles. The Morgan fingerprint density at radius 2 is 1.78 bits per heavy atom. The van der Waals surface area contributed by atoms with E-state index in [1.54, 1.807) is 6.07 Å². The Kier molecular flexibility index (Phi) is 4.83. The smallest absolute Gasteiger partial charge is 0.437 e. The maximum absolute atomic E-state index is 13.8. The van der Waals surface area contributed by atoms with E-state index in [2.05, 4.69) is 5.32 Å². The van der Waals surface area contributed by atoms with Gasteiger partial charge in [0, 0.05) is 5.56 Å². The number of alkyl halides is 3. The minimum Gasteiger partial charge on any atom is -0.508 e. The van der Waals surface area contributed by atoms with Crippen LogP contribution < -0.4 is 10.6 Å². The first kappa shape index (κ1) is 19.1. The summed E-state index contributed by atoms with van der Waals surface area (Å²) in [5.41, 5.74) is -3.40. The van der Waals surface area contributed by atoms with Crippen LogP contribution in [0.15, 0.2) is 54.6 Å². The lowest BCUT2D eigenvalue weighted by Crippen LogP contribution is -2.72. The second-order valence-corrected chi connectivity index (χ2v) is 6.55. The molecule has 0 aromatic heterocycles. The van der Waals surface area contributed by atoms with Gasteiger partial charge in [-0.05, 0) is 29.9 Å². The van der Waals surface area contributed by atoms with Crippen molar-refractivity contribution in [1.29, 1.82) is 0 Å². The van der Waals surface area contributed by atoms with Crippen LogP contribution in [0.2, 0.25) is 0 Å². The fourth-order valence-electron chi connectivity index (χ4n) is 3.12. The van der Waals surface area contributed by atoms with Crippen LogP contribution in [0, 0.1) is 5.92 Å². The number of aromatic hydroxyl groups is 1. The maximum atomic E-state index is 13.8. The molecule has 2 aromatic rings. The van der Waals surface area contributed by atoms with Crippen LogP contribution in [0.4, 0.5) is 13.2 Å². The third kappa shape index (κ3) is 3.47. The summed E-state index contributed by atoms with van der Waals surface area (Å²) in [4.78, 5) is 13.0. The van der Waals surface area contributed by atoms with E-state index in [0.29, 0.717) is 0 Å². The normalized spacial score (nSPS) is 25.4. The summed E-state index contributed by atoms with van der Waals surface area (Å²) in [5, 5.41) is 24.2. The number of benzene rings is 2. The third-order valence-corrected chi connectivity index (χ3v) is 4.60. The molecule has 3 atom stereocenters. The van der Waals surface area contributed by atoms with Crippen molar-refractivity contribution < 1.29 is 28.2 Å². The molecule has 2 aromatic carbocycles. The molecule has 27 heavy (non-hydrogen) atoms. The Hall–Kier alpha value is -2.65. The number of rotatable bonds is 3. The van der Waals surface area contributed by atoms with Gasteiger partial charge >= 0.3 is 6.18 Å². The van der Waals surface area contributed by atoms with E-state index in [4.69, 9.17) is 12.2 Å². The number of ketones is 1. The largest absolute Gasteiger partial charge is 0.508 e. The fraction of sp³-hybridized carbons (Fsp3) is 0.222. The molecule has 1 saturated heterocycles. The van der Waals surface area contributed by atoms with Crippen LogP contribution in [-0.4, -0.2) is 33.0 Å². The van der Waals surface area contributed by atoms with Gasteiger partial charge in [0.05, 0.1) is 6.04 Å². The lowest BCUT2D eigenvalue weighted by atomic mass is 9.77. The number of hydrogen-bond donors (Lipinski definition) is 4. The zero-order chi connectivity index (χ0) is 19.8. The number of phenolic OH excluding ortho intramolecular Hbond substituents is 1. The number of aliphatic hydroxyl groups is 1. The topological polar surface area (TPSA) is 81.6 Å². The maximum Gasteiger partial charge on any atom is 0.437 e. The van der Waals surface area contributed by atoms with Crippen LogP contribution in [0.25, 0.3) is 0 Å². The first-order chi connectivity index (χ1) is 12.6. The highest BCUT2D eigenvalue weighted by Gasteiger charge is 2.65. The van der Waals surface area contributed by atoms with Gasteiger partial charge in [-0.3, -0.25) is 4.79 Å². The lowest BCUT2D eigenvalue weighted by molar-refractivity contribution is -0.285. The van der Waals surface area contributed by atoms with Crippen LogP contribution in [-0.2, 0) is 0 Å². The van der Waals surface area contributed by atoms with E-state index in [0.717, 1.165) is 0 Å². The summed E-state index contributed by atoms with van der Waals surface area (Å²) in [5.74, 6) is -3.11. The number of Topliss-reactive ketones (excluding diaryl/α,β-unsaturated/α-hetero) is 1. The van der Waals surface area contributed by atoms with Gasteiger partial charge in [-0.25, -0.2) is 0 Å². The average Bonchev–Trinajstić information content (AvgIpc) is 2.60. The minimum atomic E-state index is -5.19. The molecule has 0 amide bonds. The van der Waals surface area contributed by atoms with Crippen molar-refractivity contribution in [2.45, 2.75) is 17.9 Å². The predicted octanol–water partition coefficient (Wildman–Crippen LogP) is 2.66. The van der Waals surface area contributed by atoms with E-state index in [1.807, 2.05) is 5.32 Å². The highest BCUT2D eigenvalue weighted by molar-refractivity contribution is 7.80. The van der Waals surface area contributed by atoms with Gasteiger partial charge in [-0.2, -0.15) is 13.2 Å². The van der Waals surface area contributed by atoms with Crippen molar-refractivity contribution in [1.82, 2.24) is 10.6 Å². The molecule has 9 heteroatoms. The van der Waals surface area contributed by atoms with Crippen molar-refractivity contribution in [3.8, 4) is 5.75 Å². The van der Waals surface area contributed by atoms with Crippen LogP contribution in [0.1, 0.15) is 22.0 Å². The summed E-state index contributed by atoms with van der Waals surface area (Å²) in [7, 11) is 0. The van der Waals surface area contributed by atoms with Gasteiger partial charge in [0.15, 0.2) is 10.9 Å². The van der Waals surface area contributed by atoms with E-state index >= 15 is 0 Å². The molecule has 0 unspecified atom stereocenters. The SMILES string of the molecule is O=C(c1ccccc1)[C@H]1[C@H](c2cccc(O)c2)NC(=S)N[C@@]1(O)C(F)(F)F. The average molecular weight is 396 g/mol. The second-order valence-electron chi connectivity index (χ2n) is 6.14. The molecule has 142 valence electrons. The summed E-state index contributed by atoms with van der Waals surface area (Å²) >= 11 is 4.83. The zero-order valence-corrected chi connectivity index (χ0v) is 14.5. The Bertz CT molecular complexity index is 876. The molecule has 5 nitrogen and oxygen atoms in total. The molecular formula is C18H15F3N2O3S. The molecule has 3 rings (SSSR count). The highest BCUT2D eigenvalue weighted by Crippen LogP contribution is 2.44. The molecule has 0 saturated carbocycles. The van der Waals surface area contributed by atoms with Crippen molar-refractivity contribution in [2.75, 3.05) is 0 Å². The fourth-order valence-corrected chi connectivity index (χ4v) is 3.40. The van der Waals surface area contributed by atoms with Crippen molar-refractivity contribution in [3.05, 3.63) is 65.7 Å². The number of phenols is 1. The minimum absolute atomic E-state index is 0.00625. The Morgan fingerprint density at radius 1 is 1.11 bits per heavy atom. The highest BCUT2D eigenvalue weighted by atomic mass is 32.1. The molecule has 4 N–H and O–H groups in total. The quantitative estimate of drug-likeness (QED) is 0.472. The number of hydrogen-bond acceptors (Lipinski definition) is 4. The molecule has 0 aliphatic carbocycles. The van der Waals surface area contributed by atoms with Gasteiger partial charge in [0.25, 0.3) is 0 Å². The summed E-state index contributed by atoms with van der Waals surface area (Å²) in [6, 6.07) is 11.5. The molecule has 1 aliphatic heterocycles. The van der Waals surface area contributed by atoms with E-state index in [1.165, 1.54) is 48.5 Å². The Labute approximate surface area is 157 Å². The second kappa shape index (κ2) is 6.82. The van der Waals surface area contributed by atoms with Gasteiger partial charge < -0.3 is 20.8 Å². The van der Waals surface area contributed by atoms with Gasteiger partial charge in [-0.1, -0.05) is 42.5 Å². The van der Waals surface area contributed by atoms with Gasteiger partial charge in [0.2, 0.25) is 5.72 Å². The van der Waals surface area contributed by atoms with Crippen LogP contribution in [0.5, 0.6) is 5.75 Å². The number of halogens is 3. The van der Waals surface area contributed by atoms with E-state index in [9.17, 15) is 28.2 Å². The third-order valence-electron chi connectivity index (χ3n) is 4.38. The van der Waals surface area contributed by atoms with Crippen LogP contribution in [0.3, 0.4) is 0 Å². The summed E-state index contributed by atoms with van der Waals surface area (Å²) in [6.07, 6.45) is -5.19. The summed E-state index contributed by atoms with van der Waals surface area (Å²) < 4.78 is 41.4. The molecule has 1 fully saturated rings.